The zero-order chi connectivity index (χ0) is 18.2. The van der Waals surface area contributed by atoms with Gasteiger partial charge in [-0.15, -0.1) is 0 Å². The minimum Gasteiger partial charge on any atom is -0.493 e. The molecule has 6 heteroatoms. The minimum atomic E-state index is -0.209. The van der Waals surface area contributed by atoms with Crippen molar-refractivity contribution in [3.8, 4) is 5.75 Å². The largest absolute Gasteiger partial charge is 0.493 e. The number of aromatic nitrogens is 1. The molecule has 1 fully saturated rings. The number of pyridine rings is 1. The quantitative estimate of drug-likeness (QED) is 0.809. The monoisotopic (exact) mass is 353 g/mol. The number of anilines is 2. The predicted molar refractivity (Wildman–Crippen MR) is 103 cm³/mol. The van der Waals surface area contributed by atoms with Gasteiger partial charge in [-0.1, -0.05) is 18.2 Å². The number of nitrogens with zero attached hydrogens (tertiary/aromatic N) is 2. The maximum absolute atomic E-state index is 12.4. The van der Waals surface area contributed by atoms with Gasteiger partial charge < -0.3 is 19.7 Å². The van der Waals surface area contributed by atoms with Gasteiger partial charge in [0.15, 0.2) is 5.82 Å². The standard InChI is InChI=1S/C20H23N3O3/c1-2-26-18-8-4-3-6-16(18)9-10-19(24)22-17-7-5-11-21-20(17)23-12-14-25-15-13-23/h3-11H,2,12-15H2,1H3,(H,22,24)/b10-9+. The Morgan fingerprint density at radius 3 is 2.88 bits per heavy atom. The van der Waals surface area contributed by atoms with Crippen LogP contribution in [0.15, 0.2) is 48.7 Å². The number of morpholine rings is 1. The fourth-order valence-electron chi connectivity index (χ4n) is 2.77. The molecule has 0 spiro atoms. The van der Waals surface area contributed by atoms with E-state index >= 15 is 0 Å². The number of carbonyl (C=O) groups is 1. The van der Waals surface area contributed by atoms with Crippen LogP contribution < -0.4 is 15.0 Å². The van der Waals surface area contributed by atoms with Crippen molar-refractivity contribution in [1.82, 2.24) is 4.98 Å². The molecule has 0 atom stereocenters. The molecule has 26 heavy (non-hydrogen) atoms. The normalized spacial score (nSPS) is 14.4. The number of hydrogen-bond donors (Lipinski definition) is 1. The van der Waals surface area contributed by atoms with Gasteiger partial charge >= 0.3 is 0 Å². The van der Waals surface area contributed by atoms with Crippen molar-refractivity contribution in [1.29, 1.82) is 0 Å². The van der Waals surface area contributed by atoms with E-state index in [1.165, 1.54) is 6.08 Å². The lowest BCUT2D eigenvalue weighted by molar-refractivity contribution is -0.111. The number of nitrogens with one attached hydrogen (secondary N) is 1. The first-order chi connectivity index (χ1) is 12.8. The third kappa shape index (κ3) is 4.61. The average Bonchev–Trinajstić information content (AvgIpc) is 2.69. The number of para-hydroxylation sites is 1. The Kier molecular flexibility index (Phi) is 6.22. The van der Waals surface area contributed by atoms with Crippen molar-refractivity contribution in [2.75, 3.05) is 43.1 Å². The first kappa shape index (κ1) is 17.9. The van der Waals surface area contributed by atoms with Crippen LogP contribution in [0, 0.1) is 0 Å². The highest BCUT2D eigenvalue weighted by Crippen LogP contribution is 2.24. The fourth-order valence-corrected chi connectivity index (χ4v) is 2.77. The summed E-state index contributed by atoms with van der Waals surface area (Å²) < 4.78 is 11.0. The van der Waals surface area contributed by atoms with Crippen molar-refractivity contribution >= 4 is 23.5 Å². The van der Waals surface area contributed by atoms with Gasteiger partial charge in [0.2, 0.25) is 5.91 Å². The fraction of sp³-hybridized carbons (Fsp3) is 0.300. The van der Waals surface area contributed by atoms with Crippen LogP contribution in [0.2, 0.25) is 0 Å². The van der Waals surface area contributed by atoms with E-state index in [1.54, 1.807) is 12.3 Å². The van der Waals surface area contributed by atoms with Crippen molar-refractivity contribution in [2.24, 2.45) is 0 Å². The number of benzene rings is 1. The SMILES string of the molecule is CCOc1ccccc1/C=C/C(=O)Nc1cccnc1N1CCOCC1. The molecule has 1 N–H and O–H groups in total. The van der Waals surface area contributed by atoms with Crippen molar-refractivity contribution in [2.45, 2.75) is 6.92 Å². The highest BCUT2D eigenvalue weighted by molar-refractivity contribution is 6.03. The zero-order valence-electron chi connectivity index (χ0n) is 14.9. The molecule has 1 aromatic heterocycles. The van der Waals surface area contributed by atoms with Crippen LogP contribution in [-0.4, -0.2) is 43.8 Å². The lowest BCUT2D eigenvalue weighted by Crippen LogP contribution is -2.37. The topological polar surface area (TPSA) is 63.7 Å². The van der Waals surface area contributed by atoms with Crippen molar-refractivity contribution in [3.63, 3.8) is 0 Å². The number of amides is 1. The van der Waals surface area contributed by atoms with E-state index in [0.717, 1.165) is 30.2 Å². The highest BCUT2D eigenvalue weighted by atomic mass is 16.5. The summed E-state index contributed by atoms with van der Waals surface area (Å²) in [7, 11) is 0. The molecule has 6 nitrogen and oxygen atoms in total. The molecule has 0 unspecified atom stereocenters. The first-order valence-corrected chi connectivity index (χ1v) is 8.76. The molecule has 1 saturated heterocycles. The molecule has 136 valence electrons. The summed E-state index contributed by atoms with van der Waals surface area (Å²) in [5.41, 5.74) is 1.56. The second-order valence-electron chi connectivity index (χ2n) is 5.77. The van der Waals surface area contributed by atoms with Gasteiger partial charge in [-0.2, -0.15) is 0 Å². The van der Waals surface area contributed by atoms with Gasteiger partial charge in [0.05, 0.1) is 25.5 Å². The van der Waals surface area contributed by atoms with E-state index in [-0.39, 0.29) is 5.91 Å². The summed E-state index contributed by atoms with van der Waals surface area (Å²) in [6, 6.07) is 11.3. The summed E-state index contributed by atoms with van der Waals surface area (Å²) in [6.07, 6.45) is 4.99. The van der Waals surface area contributed by atoms with Gasteiger partial charge in [0, 0.05) is 30.9 Å². The second-order valence-corrected chi connectivity index (χ2v) is 5.77. The number of hydrogen-bond acceptors (Lipinski definition) is 5. The Morgan fingerprint density at radius 1 is 1.27 bits per heavy atom. The Hall–Kier alpha value is -2.86. The maximum Gasteiger partial charge on any atom is 0.248 e. The number of rotatable bonds is 6. The summed E-state index contributed by atoms with van der Waals surface area (Å²) in [4.78, 5) is 18.9. The van der Waals surface area contributed by atoms with Crippen LogP contribution in [0.4, 0.5) is 11.5 Å². The van der Waals surface area contributed by atoms with Gasteiger partial charge in [-0.3, -0.25) is 4.79 Å². The van der Waals surface area contributed by atoms with Gasteiger partial charge in [-0.25, -0.2) is 4.98 Å². The molecule has 1 aliphatic rings. The van der Waals surface area contributed by atoms with Crippen LogP contribution in [-0.2, 0) is 9.53 Å². The molecule has 1 aromatic carbocycles. The van der Waals surface area contributed by atoms with E-state index in [4.69, 9.17) is 9.47 Å². The molecule has 0 aliphatic carbocycles. The van der Waals surface area contributed by atoms with E-state index < -0.39 is 0 Å². The molecule has 0 bridgehead atoms. The van der Waals surface area contributed by atoms with Gasteiger partial charge in [-0.05, 0) is 31.2 Å². The summed E-state index contributed by atoms with van der Waals surface area (Å²) in [5, 5.41) is 2.92. The van der Waals surface area contributed by atoms with Gasteiger partial charge in [0.1, 0.15) is 5.75 Å². The zero-order valence-corrected chi connectivity index (χ0v) is 14.9. The summed E-state index contributed by atoms with van der Waals surface area (Å²) in [6.45, 7) is 5.36. The summed E-state index contributed by atoms with van der Waals surface area (Å²) >= 11 is 0. The molecule has 2 heterocycles. The predicted octanol–water partition coefficient (Wildman–Crippen LogP) is 2.97. The maximum atomic E-state index is 12.4. The lowest BCUT2D eigenvalue weighted by atomic mass is 10.2. The minimum absolute atomic E-state index is 0.209. The van der Waals surface area contributed by atoms with E-state index in [1.807, 2.05) is 43.3 Å². The van der Waals surface area contributed by atoms with Gasteiger partial charge in [0.25, 0.3) is 0 Å². The van der Waals surface area contributed by atoms with Crippen LogP contribution >= 0.6 is 0 Å². The van der Waals surface area contributed by atoms with E-state index in [9.17, 15) is 4.79 Å². The second kappa shape index (κ2) is 9.01. The smallest absolute Gasteiger partial charge is 0.248 e. The third-order valence-electron chi connectivity index (χ3n) is 3.99. The van der Waals surface area contributed by atoms with Crippen LogP contribution in [0.3, 0.4) is 0 Å². The average molecular weight is 353 g/mol. The lowest BCUT2D eigenvalue weighted by Gasteiger charge is -2.29. The molecule has 1 amide bonds. The highest BCUT2D eigenvalue weighted by Gasteiger charge is 2.16. The number of ether oxygens (including phenoxy) is 2. The molecule has 3 rings (SSSR count). The summed E-state index contributed by atoms with van der Waals surface area (Å²) in [5.74, 6) is 1.32. The molecule has 2 aromatic rings. The molecular weight excluding hydrogens is 330 g/mol. The van der Waals surface area contributed by atoms with Crippen molar-refractivity contribution in [3.05, 3.63) is 54.2 Å². The van der Waals surface area contributed by atoms with Crippen molar-refractivity contribution < 1.29 is 14.3 Å². The van der Waals surface area contributed by atoms with E-state index in [2.05, 4.69) is 15.2 Å². The molecule has 0 radical (unpaired) electrons. The first-order valence-electron chi connectivity index (χ1n) is 8.76. The van der Waals surface area contributed by atoms with Crippen LogP contribution in [0.25, 0.3) is 6.08 Å². The Morgan fingerprint density at radius 2 is 2.08 bits per heavy atom. The van der Waals surface area contributed by atoms with Crippen LogP contribution in [0.1, 0.15) is 12.5 Å². The number of carbonyl (C=O) groups excluding carboxylic acids is 1. The molecule has 1 aliphatic heterocycles. The third-order valence-corrected chi connectivity index (χ3v) is 3.99. The van der Waals surface area contributed by atoms with Crippen LogP contribution in [0.5, 0.6) is 5.75 Å². The Labute approximate surface area is 153 Å². The Balaban J connectivity index is 1.71. The Bertz CT molecular complexity index is 770. The molecular formula is C20H23N3O3. The van der Waals surface area contributed by atoms with E-state index in [0.29, 0.717) is 25.5 Å². The molecule has 0 saturated carbocycles.